The van der Waals surface area contributed by atoms with E-state index in [-0.39, 0.29) is 5.56 Å². The number of halogens is 5. The Kier molecular flexibility index (Phi) is 12.1. The van der Waals surface area contributed by atoms with Crippen LogP contribution >= 0.6 is 85.0 Å². The predicted molar refractivity (Wildman–Crippen MR) is 216 cm³/mol. The lowest BCUT2D eigenvalue weighted by Crippen LogP contribution is -2.09. The second-order valence-corrected chi connectivity index (χ2v) is 15.1. The van der Waals surface area contributed by atoms with Crippen LogP contribution in [0, 0.1) is 0 Å². The summed E-state index contributed by atoms with van der Waals surface area (Å²) in [6.07, 6.45) is 2.77. The number of hydrogen-bond acceptors (Lipinski definition) is 9. The number of nitrogens with zero attached hydrogens (tertiary/aromatic N) is 3. The SMILES string of the molecule is COC(=O)c1cc(-c2nc(-c3ccc(Cl)c(Cl)c3)cs2)ccc1Br.O=C(O)c1cc(-c2nc(-c3ccc(Cl)c(Cl)c3)cs2)ccc1-c1cnc(=O)[nH]c1. The lowest BCUT2D eigenvalue weighted by molar-refractivity contribution is 0.0598. The van der Waals surface area contributed by atoms with E-state index >= 15 is 0 Å². The molecule has 9 nitrogen and oxygen atoms in total. The molecule has 0 atom stereocenters. The lowest BCUT2D eigenvalue weighted by atomic mass is 9.99. The van der Waals surface area contributed by atoms with Gasteiger partial charge in [-0.2, -0.15) is 0 Å². The van der Waals surface area contributed by atoms with E-state index in [1.54, 1.807) is 48.5 Å². The summed E-state index contributed by atoms with van der Waals surface area (Å²) in [4.78, 5) is 50.1. The molecule has 0 aliphatic heterocycles. The molecular weight excluding hydrogens is 866 g/mol. The molecule has 0 bridgehead atoms. The van der Waals surface area contributed by atoms with Crippen molar-refractivity contribution in [2.75, 3.05) is 7.11 Å². The van der Waals surface area contributed by atoms with Gasteiger partial charge >= 0.3 is 17.6 Å². The van der Waals surface area contributed by atoms with Crippen molar-refractivity contribution in [3.63, 3.8) is 0 Å². The molecule has 0 unspecified atom stereocenters. The van der Waals surface area contributed by atoms with E-state index in [1.165, 1.54) is 42.2 Å². The van der Waals surface area contributed by atoms with Crippen molar-refractivity contribution >= 4 is 96.9 Å². The highest BCUT2D eigenvalue weighted by atomic mass is 79.9. The Hall–Kier alpha value is -4.40. The van der Waals surface area contributed by atoms with Crippen LogP contribution < -0.4 is 5.69 Å². The zero-order valence-corrected chi connectivity index (χ0v) is 33.1. The number of hydrogen-bond donors (Lipinski definition) is 2. The Bertz CT molecular complexity index is 2560. The standard InChI is InChI=1S/C20H11Cl2N3O3S.C17H10BrCl2NO2S/c21-15-4-2-10(6-16(15)22)17-9-29-18(25-17)11-1-3-13(14(5-11)19(26)27)12-7-23-20(28)24-8-12;1-23-17(22)11-6-10(2-4-12(11)18)16-21-15(8-24-16)9-3-5-13(19)14(20)7-9/h1-9H,(H,26,27)(H,23,24,28);2-8H,1H3. The van der Waals surface area contributed by atoms with Crippen molar-refractivity contribution in [1.82, 2.24) is 19.9 Å². The van der Waals surface area contributed by atoms with Gasteiger partial charge in [-0.25, -0.2) is 29.3 Å². The van der Waals surface area contributed by atoms with E-state index < -0.39 is 17.6 Å². The molecule has 2 N–H and O–H groups in total. The quantitative estimate of drug-likeness (QED) is 0.151. The number of carbonyl (C=O) groups excluding carboxylic acids is 1. The second-order valence-electron chi connectivity index (χ2n) is 10.9. The Morgan fingerprint density at radius 2 is 1.25 bits per heavy atom. The highest BCUT2D eigenvalue weighted by Gasteiger charge is 2.17. The summed E-state index contributed by atoms with van der Waals surface area (Å²) >= 11 is 30.3. The van der Waals surface area contributed by atoms with Gasteiger partial charge in [0.1, 0.15) is 10.0 Å². The maximum absolute atomic E-state index is 11.8. The maximum atomic E-state index is 11.8. The van der Waals surface area contributed by atoms with Gasteiger partial charge in [-0.1, -0.05) is 76.7 Å². The number of aromatic nitrogens is 4. The van der Waals surface area contributed by atoms with Gasteiger partial charge in [0.2, 0.25) is 0 Å². The summed E-state index contributed by atoms with van der Waals surface area (Å²) in [6.45, 7) is 0. The van der Waals surface area contributed by atoms with Crippen LogP contribution in [0.4, 0.5) is 0 Å². The topological polar surface area (TPSA) is 135 Å². The molecule has 7 aromatic rings. The molecule has 53 heavy (non-hydrogen) atoms. The zero-order valence-electron chi connectivity index (χ0n) is 26.9. The minimum absolute atomic E-state index is 0.0858. The minimum atomic E-state index is -1.09. The van der Waals surface area contributed by atoms with Crippen LogP contribution in [-0.4, -0.2) is 44.1 Å². The molecule has 16 heteroatoms. The Labute approximate surface area is 338 Å². The van der Waals surface area contributed by atoms with Gasteiger partial charge < -0.3 is 14.8 Å². The molecule has 266 valence electrons. The molecular formula is C37H21BrCl4N4O5S2. The van der Waals surface area contributed by atoms with Gasteiger partial charge in [0, 0.05) is 55.4 Å². The molecule has 0 aliphatic carbocycles. The molecule has 0 spiro atoms. The lowest BCUT2D eigenvalue weighted by Gasteiger charge is -2.07. The van der Waals surface area contributed by atoms with Crippen LogP contribution in [0.25, 0.3) is 54.8 Å². The zero-order chi connectivity index (χ0) is 37.8. The summed E-state index contributed by atoms with van der Waals surface area (Å²) in [5.74, 6) is -1.49. The number of esters is 1. The van der Waals surface area contributed by atoms with Gasteiger partial charge in [-0.3, -0.25) is 0 Å². The van der Waals surface area contributed by atoms with Crippen molar-refractivity contribution in [3.8, 4) is 54.8 Å². The number of aromatic carboxylic acids is 1. The highest BCUT2D eigenvalue weighted by molar-refractivity contribution is 9.10. The third-order valence-corrected chi connectivity index (χ3v) is 11.5. The monoisotopic (exact) mass is 884 g/mol. The molecule has 0 amide bonds. The Morgan fingerprint density at radius 3 is 1.74 bits per heavy atom. The van der Waals surface area contributed by atoms with Crippen LogP contribution in [0.2, 0.25) is 20.1 Å². The number of aromatic amines is 1. The van der Waals surface area contributed by atoms with Crippen molar-refractivity contribution in [1.29, 1.82) is 0 Å². The molecule has 0 saturated heterocycles. The van der Waals surface area contributed by atoms with Crippen molar-refractivity contribution in [2.24, 2.45) is 0 Å². The summed E-state index contributed by atoms with van der Waals surface area (Å²) in [7, 11) is 1.35. The normalized spacial score (nSPS) is 10.8. The number of carboxylic acid groups (broad SMARTS) is 1. The van der Waals surface area contributed by atoms with Crippen LogP contribution in [0.5, 0.6) is 0 Å². The van der Waals surface area contributed by atoms with Crippen molar-refractivity contribution in [3.05, 3.63) is 142 Å². The fourth-order valence-corrected chi connectivity index (χ4v) is 7.57. The third-order valence-electron chi connectivity index (χ3n) is 7.54. The highest BCUT2D eigenvalue weighted by Crippen LogP contribution is 2.36. The van der Waals surface area contributed by atoms with Crippen LogP contribution in [0.1, 0.15) is 20.7 Å². The molecule has 0 radical (unpaired) electrons. The Balaban J connectivity index is 0.000000185. The third kappa shape index (κ3) is 8.88. The molecule has 3 aromatic heterocycles. The predicted octanol–water partition coefficient (Wildman–Crippen LogP) is 11.6. The number of methoxy groups -OCH3 is 1. The molecule has 0 aliphatic rings. The van der Waals surface area contributed by atoms with Gasteiger partial charge in [-0.15, -0.1) is 22.7 Å². The van der Waals surface area contributed by atoms with Gasteiger partial charge in [0.15, 0.2) is 0 Å². The first kappa shape index (κ1) is 38.3. The number of H-pyrrole nitrogens is 1. The largest absolute Gasteiger partial charge is 0.478 e. The summed E-state index contributed by atoms with van der Waals surface area (Å²) in [6, 6.07) is 21.1. The second kappa shape index (κ2) is 16.7. The summed E-state index contributed by atoms with van der Waals surface area (Å²) in [5.41, 5.74) is 5.73. The number of nitrogens with one attached hydrogen (secondary N) is 1. The van der Waals surface area contributed by atoms with E-state index in [0.717, 1.165) is 27.4 Å². The Morgan fingerprint density at radius 1 is 0.717 bits per heavy atom. The molecule has 7 rings (SSSR count). The van der Waals surface area contributed by atoms with E-state index in [0.29, 0.717) is 57.5 Å². The molecule has 0 saturated carbocycles. The van der Waals surface area contributed by atoms with Crippen molar-refractivity contribution < 1.29 is 19.4 Å². The van der Waals surface area contributed by atoms with E-state index in [4.69, 9.17) is 51.1 Å². The van der Waals surface area contributed by atoms with Gasteiger partial charge in [-0.05, 0) is 64.0 Å². The van der Waals surface area contributed by atoms with Gasteiger partial charge in [0.05, 0.1) is 49.7 Å². The van der Waals surface area contributed by atoms with Crippen LogP contribution in [0.15, 0.2) is 105 Å². The molecule has 4 aromatic carbocycles. The summed E-state index contributed by atoms with van der Waals surface area (Å²) in [5, 5.41) is 16.8. The fourth-order valence-electron chi connectivity index (χ4n) is 4.91. The van der Waals surface area contributed by atoms with Crippen LogP contribution in [-0.2, 0) is 4.74 Å². The number of rotatable bonds is 7. The number of carboxylic acids is 1. The number of benzene rings is 4. The van der Waals surface area contributed by atoms with Crippen molar-refractivity contribution in [2.45, 2.75) is 0 Å². The molecule has 3 heterocycles. The van der Waals surface area contributed by atoms with Crippen LogP contribution in [0.3, 0.4) is 0 Å². The number of thiazole rings is 2. The van der Waals surface area contributed by atoms with Gasteiger partial charge in [0.25, 0.3) is 0 Å². The van der Waals surface area contributed by atoms with E-state index in [9.17, 15) is 19.5 Å². The smallest absolute Gasteiger partial charge is 0.344 e. The average molecular weight is 887 g/mol. The van der Waals surface area contributed by atoms with E-state index in [2.05, 4.69) is 35.9 Å². The molecule has 0 fully saturated rings. The summed E-state index contributed by atoms with van der Waals surface area (Å²) < 4.78 is 5.47. The van der Waals surface area contributed by atoms with E-state index in [1.807, 2.05) is 35.0 Å². The fraction of sp³-hybridized carbons (Fsp3) is 0.0270. The minimum Gasteiger partial charge on any atom is -0.478 e. The maximum Gasteiger partial charge on any atom is 0.344 e. The number of carbonyl (C=O) groups is 2. The first-order chi connectivity index (χ1) is 25.4. The first-order valence-corrected chi connectivity index (χ1v) is 19.1. The first-order valence-electron chi connectivity index (χ1n) is 15.0. The number of ether oxygens (including phenoxy) is 1. The average Bonchev–Trinajstić information content (AvgIpc) is 3.86.